The van der Waals surface area contributed by atoms with E-state index < -0.39 is 11.6 Å². The number of hydrogen-bond donors (Lipinski definition) is 1. The third-order valence-corrected chi connectivity index (χ3v) is 4.16. The summed E-state index contributed by atoms with van der Waals surface area (Å²) in [4.78, 5) is 14.3. The van der Waals surface area contributed by atoms with Crippen LogP contribution in [0.2, 0.25) is 0 Å². The average Bonchev–Trinajstić information content (AvgIpc) is 3.21. The predicted molar refractivity (Wildman–Crippen MR) is 78.5 cm³/mol. The Balaban J connectivity index is 0.00000161. The second-order valence-electron chi connectivity index (χ2n) is 5.76. The molecule has 0 aromatic heterocycles. The normalized spacial score (nSPS) is 28.0. The van der Waals surface area contributed by atoms with Gasteiger partial charge < -0.3 is 10.2 Å². The van der Waals surface area contributed by atoms with Crippen LogP contribution in [0.25, 0.3) is 0 Å². The van der Waals surface area contributed by atoms with Crippen molar-refractivity contribution in [3.05, 3.63) is 35.4 Å². The van der Waals surface area contributed by atoms with Crippen LogP contribution < -0.4 is 5.32 Å². The Morgan fingerprint density at radius 1 is 1.33 bits per heavy atom. The van der Waals surface area contributed by atoms with Crippen molar-refractivity contribution in [1.29, 1.82) is 0 Å². The summed E-state index contributed by atoms with van der Waals surface area (Å²) in [5, 5.41) is 3.30. The van der Waals surface area contributed by atoms with Crippen molar-refractivity contribution in [2.75, 3.05) is 19.6 Å². The number of carbonyl (C=O) groups is 1. The Morgan fingerprint density at radius 3 is 2.76 bits per heavy atom. The van der Waals surface area contributed by atoms with Crippen molar-refractivity contribution in [2.45, 2.75) is 25.3 Å². The topological polar surface area (TPSA) is 32.3 Å². The fourth-order valence-corrected chi connectivity index (χ4v) is 2.95. The minimum Gasteiger partial charge on any atom is -0.340 e. The molecule has 3 nitrogen and oxygen atoms in total. The molecule has 2 fully saturated rings. The fourth-order valence-electron chi connectivity index (χ4n) is 2.95. The van der Waals surface area contributed by atoms with Gasteiger partial charge in [0.05, 0.1) is 0 Å². The van der Waals surface area contributed by atoms with E-state index in [1.807, 2.05) is 4.90 Å². The standard InChI is InChI=1S/C15H18F2N2O.ClH/c1-9-8-19(5-4-18-9)15(20)12-7-11(12)10-2-3-13(16)14(17)6-10;/h2-3,6,9,11-12,18H,4-5,7-8H2,1H3;1H. The summed E-state index contributed by atoms with van der Waals surface area (Å²) in [6.07, 6.45) is 0.738. The highest BCUT2D eigenvalue weighted by atomic mass is 35.5. The van der Waals surface area contributed by atoms with E-state index in [4.69, 9.17) is 0 Å². The zero-order valence-corrected chi connectivity index (χ0v) is 12.6. The second-order valence-corrected chi connectivity index (χ2v) is 5.76. The van der Waals surface area contributed by atoms with Crippen LogP contribution in [0, 0.1) is 17.6 Å². The van der Waals surface area contributed by atoms with Gasteiger partial charge in [0.2, 0.25) is 5.91 Å². The Morgan fingerprint density at radius 2 is 2.10 bits per heavy atom. The van der Waals surface area contributed by atoms with Crippen LogP contribution in [0.1, 0.15) is 24.8 Å². The summed E-state index contributed by atoms with van der Waals surface area (Å²) < 4.78 is 26.1. The molecule has 0 spiro atoms. The van der Waals surface area contributed by atoms with Crippen molar-refractivity contribution in [1.82, 2.24) is 10.2 Å². The molecular weight excluding hydrogens is 298 g/mol. The van der Waals surface area contributed by atoms with Crippen LogP contribution in [-0.2, 0) is 4.79 Å². The molecule has 1 aromatic carbocycles. The van der Waals surface area contributed by atoms with Gasteiger partial charge in [0, 0.05) is 31.6 Å². The summed E-state index contributed by atoms with van der Waals surface area (Å²) in [6, 6.07) is 4.25. The van der Waals surface area contributed by atoms with E-state index in [9.17, 15) is 13.6 Å². The lowest BCUT2D eigenvalue weighted by molar-refractivity contribution is -0.133. The molecule has 1 aromatic rings. The lowest BCUT2D eigenvalue weighted by Crippen LogP contribution is -2.51. The first-order chi connectivity index (χ1) is 9.56. The first kappa shape index (κ1) is 16.2. The molecule has 116 valence electrons. The molecule has 1 saturated heterocycles. The van der Waals surface area contributed by atoms with Crippen LogP contribution in [0.5, 0.6) is 0 Å². The summed E-state index contributed by atoms with van der Waals surface area (Å²) in [7, 11) is 0. The maximum atomic E-state index is 13.2. The number of rotatable bonds is 2. The second kappa shape index (κ2) is 6.28. The number of nitrogens with zero attached hydrogens (tertiary/aromatic N) is 1. The highest BCUT2D eigenvalue weighted by molar-refractivity contribution is 5.85. The largest absolute Gasteiger partial charge is 0.340 e. The van der Waals surface area contributed by atoms with E-state index >= 15 is 0 Å². The number of amides is 1. The molecule has 6 heteroatoms. The molecular formula is C15H19ClF2N2O. The maximum Gasteiger partial charge on any atom is 0.226 e. The molecule has 1 saturated carbocycles. The van der Waals surface area contributed by atoms with Gasteiger partial charge in [-0.2, -0.15) is 0 Å². The third kappa shape index (κ3) is 3.35. The molecule has 2 aliphatic rings. The zero-order chi connectivity index (χ0) is 14.3. The number of halogens is 3. The minimum absolute atomic E-state index is 0. The van der Waals surface area contributed by atoms with Gasteiger partial charge >= 0.3 is 0 Å². The molecule has 3 atom stereocenters. The molecule has 0 radical (unpaired) electrons. The van der Waals surface area contributed by atoms with E-state index in [1.54, 1.807) is 6.07 Å². The lowest BCUT2D eigenvalue weighted by Gasteiger charge is -2.32. The quantitative estimate of drug-likeness (QED) is 0.908. The maximum absolute atomic E-state index is 13.2. The molecule has 1 aliphatic heterocycles. The summed E-state index contributed by atoms with van der Waals surface area (Å²) >= 11 is 0. The molecule has 3 rings (SSSR count). The van der Waals surface area contributed by atoms with Crippen molar-refractivity contribution >= 4 is 18.3 Å². The van der Waals surface area contributed by atoms with Gasteiger partial charge in [-0.3, -0.25) is 4.79 Å². The smallest absolute Gasteiger partial charge is 0.226 e. The predicted octanol–water partition coefficient (Wildman–Crippen LogP) is 2.31. The van der Waals surface area contributed by atoms with Crippen molar-refractivity contribution in [3.63, 3.8) is 0 Å². The van der Waals surface area contributed by atoms with E-state index in [1.165, 1.54) is 6.07 Å². The van der Waals surface area contributed by atoms with E-state index in [2.05, 4.69) is 12.2 Å². The Bertz CT molecular complexity index is 540. The van der Waals surface area contributed by atoms with Crippen LogP contribution in [-0.4, -0.2) is 36.5 Å². The monoisotopic (exact) mass is 316 g/mol. The lowest BCUT2D eigenvalue weighted by atomic mass is 10.1. The molecule has 3 unspecified atom stereocenters. The zero-order valence-electron chi connectivity index (χ0n) is 11.8. The number of carbonyl (C=O) groups excluding carboxylic acids is 1. The van der Waals surface area contributed by atoms with Crippen molar-refractivity contribution < 1.29 is 13.6 Å². The molecule has 1 amide bonds. The van der Waals surface area contributed by atoms with Gasteiger partial charge in [-0.05, 0) is 37.0 Å². The van der Waals surface area contributed by atoms with E-state index in [-0.39, 0.29) is 30.2 Å². The van der Waals surface area contributed by atoms with Crippen molar-refractivity contribution in [3.8, 4) is 0 Å². The van der Waals surface area contributed by atoms with Crippen LogP contribution in [0.4, 0.5) is 8.78 Å². The van der Waals surface area contributed by atoms with E-state index in [0.717, 1.165) is 37.7 Å². The van der Waals surface area contributed by atoms with Crippen molar-refractivity contribution in [2.24, 2.45) is 5.92 Å². The third-order valence-electron chi connectivity index (χ3n) is 4.16. The first-order valence-electron chi connectivity index (χ1n) is 7.03. The Labute approximate surface area is 129 Å². The van der Waals surface area contributed by atoms with Crippen LogP contribution in [0.3, 0.4) is 0 Å². The van der Waals surface area contributed by atoms with Gasteiger partial charge in [0.15, 0.2) is 11.6 Å². The Hall–Kier alpha value is -1.20. The van der Waals surface area contributed by atoms with E-state index in [0.29, 0.717) is 6.04 Å². The minimum atomic E-state index is -0.840. The summed E-state index contributed by atoms with van der Waals surface area (Å²) in [5.74, 6) is -1.55. The molecule has 1 heterocycles. The molecule has 1 N–H and O–H groups in total. The summed E-state index contributed by atoms with van der Waals surface area (Å²) in [6.45, 7) is 4.32. The van der Waals surface area contributed by atoms with Gasteiger partial charge in [0.25, 0.3) is 0 Å². The summed E-state index contributed by atoms with van der Waals surface area (Å²) in [5.41, 5.74) is 0.727. The Kier molecular flexibility index (Phi) is 4.84. The molecule has 1 aliphatic carbocycles. The number of piperazine rings is 1. The van der Waals surface area contributed by atoms with Crippen LogP contribution >= 0.6 is 12.4 Å². The van der Waals surface area contributed by atoms with Gasteiger partial charge in [-0.1, -0.05) is 6.07 Å². The van der Waals surface area contributed by atoms with Gasteiger partial charge in [-0.25, -0.2) is 8.78 Å². The number of hydrogen-bond acceptors (Lipinski definition) is 2. The van der Waals surface area contributed by atoms with Gasteiger partial charge in [0.1, 0.15) is 0 Å². The fraction of sp³-hybridized carbons (Fsp3) is 0.533. The molecule has 0 bridgehead atoms. The highest BCUT2D eigenvalue weighted by Crippen LogP contribution is 2.48. The number of nitrogens with one attached hydrogen (secondary N) is 1. The molecule has 21 heavy (non-hydrogen) atoms. The number of benzene rings is 1. The van der Waals surface area contributed by atoms with Crippen LogP contribution in [0.15, 0.2) is 18.2 Å². The average molecular weight is 317 g/mol. The SMILES string of the molecule is CC1CN(C(=O)C2CC2c2ccc(F)c(F)c2)CCN1.Cl. The highest BCUT2D eigenvalue weighted by Gasteiger charge is 2.46. The first-order valence-corrected chi connectivity index (χ1v) is 7.03. The van der Waals surface area contributed by atoms with Gasteiger partial charge in [-0.15, -0.1) is 12.4 Å².